The molecule has 0 aromatic rings. The summed E-state index contributed by atoms with van der Waals surface area (Å²) < 4.78 is 31.7. The second-order valence-electron chi connectivity index (χ2n) is 3.63. The van der Waals surface area contributed by atoms with Crippen LogP contribution in [0.4, 0.5) is 13.2 Å². The zero-order chi connectivity index (χ0) is 17.9. The average molecular weight is 322 g/mol. The number of rotatable bonds is 5. The molecule has 5 N–H and O–H groups in total. The summed E-state index contributed by atoms with van der Waals surface area (Å²) in [5, 5.41) is 18.0. The topological polar surface area (TPSA) is 130 Å². The average Bonchev–Trinajstić information content (AvgIpc) is 2.37. The Morgan fingerprint density at radius 2 is 1.55 bits per heavy atom. The molecule has 0 saturated carbocycles. The van der Waals surface area contributed by atoms with E-state index in [1.165, 1.54) is 0 Å². The fraction of sp³-hybridized carbons (Fsp3) is 0.417. The second kappa shape index (κ2) is 10.1. The van der Waals surface area contributed by atoms with Crippen molar-refractivity contribution in [2.75, 3.05) is 0 Å². The van der Waals surface area contributed by atoms with Gasteiger partial charge in [-0.15, -0.1) is 24.7 Å². The first-order chi connectivity index (χ1) is 9.97. The molecule has 0 aliphatic carbocycles. The first-order valence-corrected chi connectivity index (χ1v) is 5.43. The molecule has 122 valence electrons. The second-order valence-corrected chi connectivity index (χ2v) is 3.63. The molecule has 0 heterocycles. The molecule has 0 saturated heterocycles. The summed E-state index contributed by atoms with van der Waals surface area (Å²) in [5.41, 5.74) is 5.37. The van der Waals surface area contributed by atoms with E-state index < -0.39 is 36.1 Å². The number of terminal acetylenes is 2. The van der Waals surface area contributed by atoms with Gasteiger partial charge in [-0.05, 0) is 0 Å². The Bertz CT molecular complexity index is 490. The lowest BCUT2D eigenvalue weighted by atomic mass is 10.1. The van der Waals surface area contributed by atoms with Crippen molar-refractivity contribution in [3.63, 3.8) is 0 Å². The van der Waals surface area contributed by atoms with Crippen LogP contribution in [-0.2, 0) is 14.4 Å². The Labute approximate surface area is 123 Å². The number of carboxylic acid groups (broad SMARTS) is 2. The highest BCUT2D eigenvalue weighted by Gasteiger charge is 2.38. The van der Waals surface area contributed by atoms with Crippen LogP contribution in [-0.4, -0.2) is 46.3 Å². The first kappa shape index (κ1) is 21.6. The monoisotopic (exact) mass is 322 g/mol. The maximum Gasteiger partial charge on any atom is 0.490 e. The van der Waals surface area contributed by atoms with Crippen LogP contribution in [0.1, 0.15) is 12.8 Å². The van der Waals surface area contributed by atoms with Crippen molar-refractivity contribution >= 4 is 17.8 Å². The Hall–Kier alpha value is -2.72. The molecule has 0 radical (unpaired) electrons. The van der Waals surface area contributed by atoms with Crippen LogP contribution >= 0.6 is 0 Å². The van der Waals surface area contributed by atoms with Gasteiger partial charge in [-0.3, -0.25) is 4.79 Å². The number of nitrogens with one attached hydrogen (secondary N) is 1. The van der Waals surface area contributed by atoms with E-state index in [-0.39, 0.29) is 12.8 Å². The lowest BCUT2D eigenvalue weighted by molar-refractivity contribution is -0.192. The van der Waals surface area contributed by atoms with Gasteiger partial charge in [-0.25, -0.2) is 9.59 Å². The molecule has 22 heavy (non-hydrogen) atoms. The van der Waals surface area contributed by atoms with E-state index in [9.17, 15) is 22.8 Å². The molecule has 0 spiro atoms. The number of nitrogens with two attached hydrogens (primary N) is 1. The van der Waals surface area contributed by atoms with Crippen LogP contribution in [0.5, 0.6) is 0 Å². The van der Waals surface area contributed by atoms with Crippen molar-refractivity contribution in [3.8, 4) is 24.7 Å². The van der Waals surface area contributed by atoms with E-state index >= 15 is 0 Å². The normalized spacial score (nSPS) is 12.5. The lowest BCUT2D eigenvalue weighted by Crippen LogP contribution is -2.48. The standard InChI is InChI=1S/C10H12N2O3.C2HF3O2/c1-3-5-7(11)9(13)12-8(6-4-2)10(14)15;3-2(4,5)1(6)7/h1-2,7-8H,5-6,11H2,(H,12,13)(H,14,15);(H,6,7). The SMILES string of the molecule is C#CCC(N)C(=O)NC(CC#C)C(=O)O.O=C(O)C(F)(F)F. The van der Waals surface area contributed by atoms with Crippen LogP contribution < -0.4 is 11.1 Å². The van der Waals surface area contributed by atoms with E-state index in [2.05, 4.69) is 17.2 Å². The number of carbonyl (C=O) groups is 3. The summed E-state index contributed by atoms with van der Waals surface area (Å²) in [4.78, 5) is 30.8. The van der Waals surface area contributed by atoms with Crippen molar-refractivity contribution in [1.29, 1.82) is 0 Å². The third kappa shape index (κ3) is 10.1. The minimum atomic E-state index is -5.08. The number of hydrogen-bond acceptors (Lipinski definition) is 4. The first-order valence-electron chi connectivity index (χ1n) is 5.43. The van der Waals surface area contributed by atoms with Crippen molar-refractivity contribution in [2.45, 2.75) is 31.1 Å². The van der Waals surface area contributed by atoms with Crippen molar-refractivity contribution < 1.29 is 37.8 Å². The van der Waals surface area contributed by atoms with Crippen LogP contribution in [0.15, 0.2) is 0 Å². The summed E-state index contributed by atoms with van der Waals surface area (Å²) in [6.45, 7) is 0. The van der Waals surface area contributed by atoms with Crippen LogP contribution in [0.25, 0.3) is 0 Å². The Morgan fingerprint density at radius 1 is 1.14 bits per heavy atom. The van der Waals surface area contributed by atoms with Crippen molar-refractivity contribution in [1.82, 2.24) is 5.32 Å². The summed E-state index contributed by atoms with van der Waals surface area (Å²) in [7, 11) is 0. The molecular formula is C12H13F3N2O5. The van der Waals surface area contributed by atoms with Crippen molar-refractivity contribution in [2.24, 2.45) is 5.73 Å². The Kier molecular flexibility index (Phi) is 9.88. The van der Waals surface area contributed by atoms with E-state index in [0.717, 1.165) is 0 Å². The number of alkyl halides is 3. The fourth-order valence-corrected chi connectivity index (χ4v) is 0.816. The molecule has 0 bridgehead atoms. The highest BCUT2D eigenvalue weighted by atomic mass is 19.4. The third-order valence-corrected chi connectivity index (χ3v) is 1.85. The van der Waals surface area contributed by atoms with Gasteiger partial charge in [0.25, 0.3) is 0 Å². The minimum absolute atomic E-state index is 0.0498. The molecule has 2 atom stereocenters. The number of halogens is 3. The zero-order valence-corrected chi connectivity index (χ0v) is 11.1. The highest BCUT2D eigenvalue weighted by Crippen LogP contribution is 2.13. The third-order valence-electron chi connectivity index (χ3n) is 1.85. The van der Waals surface area contributed by atoms with E-state index in [0.29, 0.717) is 0 Å². The summed E-state index contributed by atoms with van der Waals surface area (Å²) in [6.07, 6.45) is 4.78. The maximum absolute atomic E-state index is 11.3. The molecule has 0 aromatic heterocycles. The molecule has 10 heteroatoms. The van der Waals surface area contributed by atoms with E-state index in [4.69, 9.17) is 33.6 Å². The summed E-state index contributed by atoms with van der Waals surface area (Å²) in [5.74, 6) is -0.214. The van der Waals surface area contributed by atoms with Gasteiger partial charge in [0.15, 0.2) is 0 Å². The number of aliphatic carboxylic acids is 2. The summed E-state index contributed by atoms with van der Waals surface area (Å²) >= 11 is 0. The molecule has 0 aliphatic heterocycles. The Morgan fingerprint density at radius 3 is 1.82 bits per heavy atom. The predicted octanol–water partition coefficient (Wildman–Crippen LogP) is -0.437. The quantitative estimate of drug-likeness (QED) is 0.508. The molecule has 0 fully saturated rings. The van der Waals surface area contributed by atoms with E-state index in [1.54, 1.807) is 0 Å². The van der Waals surface area contributed by atoms with Gasteiger partial charge >= 0.3 is 18.1 Å². The van der Waals surface area contributed by atoms with Gasteiger partial charge in [0.05, 0.1) is 6.04 Å². The zero-order valence-electron chi connectivity index (χ0n) is 11.1. The van der Waals surface area contributed by atoms with Gasteiger partial charge in [-0.2, -0.15) is 13.2 Å². The molecule has 1 amide bonds. The summed E-state index contributed by atoms with van der Waals surface area (Å²) in [6, 6.07) is -2.03. The highest BCUT2D eigenvalue weighted by molar-refractivity contribution is 5.87. The van der Waals surface area contributed by atoms with Gasteiger partial charge in [0.2, 0.25) is 5.91 Å². The smallest absolute Gasteiger partial charge is 0.480 e. The number of amides is 1. The molecule has 7 nitrogen and oxygen atoms in total. The molecule has 0 aromatic carbocycles. The number of carboxylic acids is 2. The minimum Gasteiger partial charge on any atom is -0.480 e. The van der Waals surface area contributed by atoms with Crippen LogP contribution in [0.3, 0.4) is 0 Å². The molecule has 2 unspecified atom stereocenters. The lowest BCUT2D eigenvalue weighted by Gasteiger charge is -2.14. The van der Waals surface area contributed by atoms with Crippen molar-refractivity contribution in [3.05, 3.63) is 0 Å². The van der Waals surface area contributed by atoms with Gasteiger partial charge < -0.3 is 21.3 Å². The Balaban J connectivity index is 0. The fourth-order valence-electron chi connectivity index (χ4n) is 0.816. The van der Waals surface area contributed by atoms with Crippen LogP contribution in [0, 0.1) is 24.7 Å². The number of hydrogen-bond donors (Lipinski definition) is 4. The van der Waals surface area contributed by atoms with E-state index in [1.807, 2.05) is 0 Å². The molecule has 0 rings (SSSR count). The predicted molar refractivity (Wildman–Crippen MR) is 68.1 cm³/mol. The van der Waals surface area contributed by atoms with Gasteiger partial charge in [0, 0.05) is 12.8 Å². The van der Waals surface area contributed by atoms with Gasteiger partial charge in [0.1, 0.15) is 6.04 Å². The number of carbonyl (C=O) groups excluding carboxylic acids is 1. The van der Waals surface area contributed by atoms with Gasteiger partial charge in [-0.1, -0.05) is 0 Å². The largest absolute Gasteiger partial charge is 0.490 e. The van der Waals surface area contributed by atoms with Crippen LogP contribution in [0.2, 0.25) is 0 Å². The molecular weight excluding hydrogens is 309 g/mol. The maximum atomic E-state index is 11.3. The molecule has 0 aliphatic rings.